The molecule has 5 heteroatoms. The van der Waals surface area contributed by atoms with Gasteiger partial charge < -0.3 is 14.0 Å². The fourth-order valence-electron chi connectivity index (χ4n) is 2.81. The molecule has 0 saturated heterocycles. The molecule has 0 aliphatic rings. The summed E-state index contributed by atoms with van der Waals surface area (Å²) in [6.45, 7) is 2.65. The van der Waals surface area contributed by atoms with E-state index in [0.29, 0.717) is 6.61 Å². The summed E-state index contributed by atoms with van der Waals surface area (Å²) in [6, 6.07) is 0. The Balaban J connectivity index is 0. The first kappa shape index (κ1) is 27.0. The molecule has 1 atom stereocenters. The van der Waals surface area contributed by atoms with Crippen molar-refractivity contribution in [3.8, 4) is 0 Å². The predicted molar refractivity (Wildman–Crippen MR) is 94.5 cm³/mol. The van der Waals surface area contributed by atoms with E-state index in [1.807, 2.05) is 0 Å². The molecule has 0 bridgehead atoms. The van der Waals surface area contributed by atoms with Gasteiger partial charge in [-0.3, -0.25) is 0 Å². The molecule has 0 rings (SSSR count). The van der Waals surface area contributed by atoms with Gasteiger partial charge >= 0.3 is 51.4 Å². The minimum absolute atomic E-state index is 0. The third-order valence-corrected chi connectivity index (χ3v) is 4.66. The molecule has 0 saturated carbocycles. The zero-order chi connectivity index (χ0) is 16.3. The fraction of sp³-hybridized carbons (Fsp3) is 1.00. The van der Waals surface area contributed by atoms with Gasteiger partial charge in [0.1, 0.15) is 8.25 Å². The molecule has 0 amide bonds. The average Bonchev–Trinajstić information content (AvgIpc) is 2.50. The van der Waals surface area contributed by atoms with Crippen molar-refractivity contribution in [2.75, 3.05) is 6.61 Å². The standard InChI is InChI=1S/C18H39O3P.K/c1-2-3-4-5-6-7-8-9-10-11-12-13-14-15-16-17-18-21-22(19)20;/h22H,2-18H2,1H3,(H,19,20);/q;+1/p-1. The second kappa shape index (κ2) is 23.8. The quantitative estimate of drug-likeness (QED) is 0.211. The fourth-order valence-corrected chi connectivity index (χ4v) is 3.12. The second-order valence-corrected chi connectivity index (χ2v) is 7.19. The summed E-state index contributed by atoms with van der Waals surface area (Å²) < 4.78 is 14.8. The summed E-state index contributed by atoms with van der Waals surface area (Å²) in [5.41, 5.74) is 0. The summed E-state index contributed by atoms with van der Waals surface area (Å²) in [6.07, 6.45) is 21.3. The van der Waals surface area contributed by atoms with Gasteiger partial charge in [0.15, 0.2) is 0 Å². The van der Waals surface area contributed by atoms with Crippen molar-refractivity contribution in [2.24, 2.45) is 0 Å². The molecule has 0 aromatic heterocycles. The summed E-state index contributed by atoms with van der Waals surface area (Å²) in [4.78, 5) is 10.2. The van der Waals surface area contributed by atoms with Crippen LogP contribution in [-0.2, 0) is 9.09 Å². The number of unbranched alkanes of at least 4 members (excludes halogenated alkanes) is 15. The molecule has 0 aliphatic heterocycles. The van der Waals surface area contributed by atoms with Crippen molar-refractivity contribution in [3.05, 3.63) is 0 Å². The van der Waals surface area contributed by atoms with Crippen molar-refractivity contribution in [2.45, 2.75) is 110 Å². The molecule has 3 nitrogen and oxygen atoms in total. The van der Waals surface area contributed by atoms with E-state index in [1.54, 1.807) is 0 Å². The van der Waals surface area contributed by atoms with Gasteiger partial charge in [-0.15, -0.1) is 0 Å². The molecule has 0 spiro atoms. The van der Waals surface area contributed by atoms with E-state index in [0.717, 1.165) is 12.8 Å². The Morgan fingerprint density at radius 1 is 0.652 bits per heavy atom. The normalized spacial score (nSPS) is 12.1. The molecule has 0 aromatic rings. The van der Waals surface area contributed by atoms with Crippen LogP contribution in [0, 0.1) is 0 Å². The molecule has 23 heavy (non-hydrogen) atoms. The Morgan fingerprint density at radius 3 is 1.26 bits per heavy atom. The van der Waals surface area contributed by atoms with E-state index in [4.69, 9.17) is 0 Å². The van der Waals surface area contributed by atoms with Crippen LogP contribution in [0.2, 0.25) is 0 Å². The molecule has 134 valence electrons. The summed E-state index contributed by atoms with van der Waals surface area (Å²) in [5.74, 6) is 0. The Hall–Kier alpha value is 1.79. The Bertz CT molecular complexity index is 240. The van der Waals surface area contributed by atoms with Gasteiger partial charge in [0, 0.05) is 0 Å². The summed E-state index contributed by atoms with van der Waals surface area (Å²) in [5, 5.41) is 0. The van der Waals surface area contributed by atoms with Gasteiger partial charge in [-0.2, -0.15) is 0 Å². The molecule has 0 radical (unpaired) electrons. The van der Waals surface area contributed by atoms with Crippen LogP contribution in [0.1, 0.15) is 110 Å². The van der Waals surface area contributed by atoms with Gasteiger partial charge in [0.05, 0.1) is 6.61 Å². The molecule has 0 aromatic carbocycles. The smallest absolute Gasteiger partial charge is 0.781 e. The van der Waals surface area contributed by atoms with E-state index >= 15 is 0 Å². The maximum Gasteiger partial charge on any atom is 1.00 e. The van der Waals surface area contributed by atoms with Crippen LogP contribution in [0.5, 0.6) is 0 Å². The van der Waals surface area contributed by atoms with Crippen molar-refractivity contribution in [3.63, 3.8) is 0 Å². The molecular weight excluding hydrogens is 334 g/mol. The monoisotopic (exact) mass is 372 g/mol. The van der Waals surface area contributed by atoms with Crippen LogP contribution in [0.3, 0.4) is 0 Å². The first-order valence-corrected chi connectivity index (χ1v) is 10.8. The molecule has 1 unspecified atom stereocenters. The maximum atomic E-state index is 10.2. The maximum absolute atomic E-state index is 10.2. The Labute approximate surface area is 188 Å². The van der Waals surface area contributed by atoms with E-state index in [-0.39, 0.29) is 51.4 Å². The minimum atomic E-state index is -2.95. The van der Waals surface area contributed by atoms with Crippen LogP contribution < -0.4 is 56.3 Å². The second-order valence-electron chi connectivity index (χ2n) is 6.40. The first-order valence-electron chi connectivity index (χ1n) is 9.61. The van der Waals surface area contributed by atoms with Crippen molar-refractivity contribution in [1.29, 1.82) is 0 Å². The van der Waals surface area contributed by atoms with Gasteiger partial charge in [0.25, 0.3) is 0 Å². The summed E-state index contributed by atoms with van der Waals surface area (Å²) >= 11 is 0. The van der Waals surface area contributed by atoms with E-state index in [1.165, 1.54) is 89.9 Å². The van der Waals surface area contributed by atoms with Crippen LogP contribution in [0.4, 0.5) is 0 Å². The first-order chi connectivity index (χ1) is 10.8. The van der Waals surface area contributed by atoms with Gasteiger partial charge in [-0.1, -0.05) is 103 Å². The van der Waals surface area contributed by atoms with Crippen molar-refractivity contribution >= 4 is 8.25 Å². The van der Waals surface area contributed by atoms with Gasteiger partial charge in [-0.25, -0.2) is 0 Å². The zero-order valence-electron chi connectivity index (χ0n) is 15.7. The Morgan fingerprint density at radius 2 is 0.957 bits per heavy atom. The molecule has 0 fully saturated rings. The van der Waals surface area contributed by atoms with Crippen LogP contribution in [0.15, 0.2) is 0 Å². The number of hydrogen-bond acceptors (Lipinski definition) is 3. The van der Waals surface area contributed by atoms with E-state index < -0.39 is 8.25 Å². The molecular formula is C18H38KO3P. The number of rotatable bonds is 18. The molecule has 0 heterocycles. The largest absolute Gasteiger partial charge is 1.00 e. The SMILES string of the molecule is CCCCCCCCCCCCCCCCCCO[PH](=O)[O-].[K+]. The summed E-state index contributed by atoms with van der Waals surface area (Å²) in [7, 11) is -2.95. The van der Waals surface area contributed by atoms with Crippen LogP contribution in [0.25, 0.3) is 0 Å². The van der Waals surface area contributed by atoms with Crippen molar-refractivity contribution < 1.29 is 65.4 Å². The van der Waals surface area contributed by atoms with Gasteiger partial charge in [0.2, 0.25) is 0 Å². The van der Waals surface area contributed by atoms with Crippen molar-refractivity contribution in [1.82, 2.24) is 0 Å². The van der Waals surface area contributed by atoms with Crippen LogP contribution in [-0.4, -0.2) is 6.61 Å². The topological polar surface area (TPSA) is 49.4 Å². The van der Waals surface area contributed by atoms with Crippen LogP contribution >= 0.6 is 8.25 Å². The third kappa shape index (κ3) is 26.1. The zero-order valence-corrected chi connectivity index (χ0v) is 19.9. The predicted octanol–water partition coefficient (Wildman–Crippen LogP) is 3.02. The van der Waals surface area contributed by atoms with E-state index in [2.05, 4.69) is 11.4 Å². The Kier molecular flexibility index (Phi) is 27.9. The minimum Gasteiger partial charge on any atom is -0.781 e. The number of hydrogen-bond donors (Lipinski definition) is 0. The molecule has 0 aliphatic carbocycles. The average molecular weight is 373 g/mol. The third-order valence-electron chi connectivity index (χ3n) is 4.22. The van der Waals surface area contributed by atoms with Gasteiger partial charge in [-0.05, 0) is 6.42 Å². The molecule has 0 N–H and O–H groups in total. The van der Waals surface area contributed by atoms with E-state index in [9.17, 15) is 9.46 Å².